The van der Waals surface area contributed by atoms with Crippen molar-refractivity contribution in [2.75, 3.05) is 17.7 Å². The van der Waals surface area contributed by atoms with Crippen molar-refractivity contribution in [3.05, 3.63) is 46.2 Å². The van der Waals surface area contributed by atoms with Crippen LogP contribution in [0.3, 0.4) is 0 Å². The van der Waals surface area contributed by atoms with Gasteiger partial charge in [-0.1, -0.05) is 6.07 Å². The molecule has 1 aromatic carbocycles. The summed E-state index contributed by atoms with van der Waals surface area (Å²) in [6.45, 7) is 3.68. The van der Waals surface area contributed by atoms with Crippen molar-refractivity contribution in [2.24, 2.45) is 0 Å². The summed E-state index contributed by atoms with van der Waals surface area (Å²) in [7, 11) is 2.03. The summed E-state index contributed by atoms with van der Waals surface area (Å²) in [5.74, 6) is -0.00184. The Morgan fingerprint density at radius 3 is 2.63 bits per heavy atom. The van der Waals surface area contributed by atoms with Gasteiger partial charge >= 0.3 is 0 Å². The smallest absolute Gasteiger partial charge is 0.161 e. The highest BCUT2D eigenvalue weighted by Gasteiger charge is 2.14. The fourth-order valence-corrected chi connectivity index (χ4v) is 2.86. The number of hydrogen-bond acceptors (Lipinski definition) is 4. The summed E-state index contributed by atoms with van der Waals surface area (Å²) in [6, 6.07) is 10.1. The van der Waals surface area contributed by atoms with E-state index in [-0.39, 0.29) is 11.8 Å². The van der Waals surface area contributed by atoms with Gasteiger partial charge in [-0.05, 0) is 43.5 Å². The second-order valence-corrected chi connectivity index (χ2v) is 5.61. The standard InChI is InChI=1S/C15H18N2OS/c1-10(15-5-4-8-19-15)17(3)12-6-7-13(11(2)18)14(16)9-12/h4-10H,16H2,1-3H3. The molecule has 4 heteroatoms. The minimum absolute atomic E-state index is 0.00184. The third kappa shape index (κ3) is 2.79. The molecular formula is C15H18N2OS. The van der Waals surface area contributed by atoms with Gasteiger partial charge in [0.25, 0.3) is 0 Å². The maximum atomic E-state index is 11.4. The number of rotatable bonds is 4. The highest BCUT2D eigenvalue weighted by molar-refractivity contribution is 7.10. The van der Waals surface area contributed by atoms with E-state index in [0.29, 0.717) is 11.3 Å². The average Bonchev–Trinajstić information content (AvgIpc) is 2.90. The maximum absolute atomic E-state index is 11.4. The van der Waals surface area contributed by atoms with Gasteiger partial charge < -0.3 is 10.6 Å². The predicted molar refractivity (Wildman–Crippen MR) is 82.0 cm³/mol. The maximum Gasteiger partial charge on any atom is 0.161 e. The molecule has 0 aliphatic rings. The summed E-state index contributed by atoms with van der Waals surface area (Å²) in [4.78, 5) is 14.8. The average molecular weight is 274 g/mol. The van der Waals surface area contributed by atoms with Crippen LogP contribution >= 0.6 is 11.3 Å². The zero-order valence-electron chi connectivity index (χ0n) is 11.4. The molecule has 0 aliphatic carbocycles. The van der Waals surface area contributed by atoms with E-state index in [1.807, 2.05) is 19.2 Å². The molecule has 1 unspecified atom stereocenters. The number of nitrogens with zero attached hydrogens (tertiary/aromatic N) is 1. The quantitative estimate of drug-likeness (QED) is 0.682. The molecule has 0 fully saturated rings. The highest BCUT2D eigenvalue weighted by Crippen LogP contribution is 2.30. The zero-order valence-corrected chi connectivity index (χ0v) is 12.2. The topological polar surface area (TPSA) is 46.3 Å². The lowest BCUT2D eigenvalue weighted by Gasteiger charge is -2.26. The van der Waals surface area contributed by atoms with Crippen LogP contribution in [0.15, 0.2) is 35.7 Å². The molecule has 0 saturated carbocycles. The molecule has 2 aromatic rings. The van der Waals surface area contributed by atoms with Crippen molar-refractivity contribution in [3.63, 3.8) is 0 Å². The first-order valence-electron chi connectivity index (χ1n) is 6.17. The van der Waals surface area contributed by atoms with Crippen LogP contribution < -0.4 is 10.6 Å². The number of hydrogen-bond donors (Lipinski definition) is 1. The van der Waals surface area contributed by atoms with Crippen LogP contribution in [-0.4, -0.2) is 12.8 Å². The second kappa shape index (κ2) is 5.45. The Morgan fingerprint density at radius 2 is 2.11 bits per heavy atom. The van der Waals surface area contributed by atoms with Crippen LogP contribution in [0.2, 0.25) is 0 Å². The number of carbonyl (C=O) groups excluding carboxylic acids is 1. The molecule has 100 valence electrons. The third-order valence-electron chi connectivity index (χ3n) is 3.36. The van der Waals surface area contributed by atoms with Gasteiger partial charge in [-0.2, -0.15) is 0 Å². The van der Waals surface area contributed by atoms with Crippen LogP contribution in [0, 0.1) is 0 Å². The van der Waals surface area contributed by atoms with Crippen molar-refractivity contribution >= 4 is 28.5 Å². The van der Waals surface area contributed by atoms with Gasteiger partial charge in [0.15, 0.2) is 5.78 Å². The van der Waals surface area contributed by atoms with Gasteiger partial charge in [-0.3, -0.25) is 4.79 Å². The molecule has 0 aliphatic heterocycles. The first-order valence-corrected chi connectivity index (χ1v) is 7.05. The normalized spacial score (nSPS) is 12.2. The summed E-state index contributed by atoms with van der Waals surface area (Å²) in [6.07, 6.45) is 0. The Kier molecular flexibility index (Phi) is 3.90. The van der Waals surface area contributed by atoms with Gasteiger partial charge in [0.1, 0.15) is 0 Å². The molecule has 1 atom stereocenters. The van der Waals surface area contributed by atoms with Crippen molar-refractivity contribution < 1.29 is 4.79 Å². The molecule has 0 bridgehead atoms. The Hall–Kier alpha value is -1.81. The Bertz CT molecular complexity index is 578. The summed E-state index contributed by atoms with van der Waals surface area (Å²) in [5.41, 5.74) is 8.07. The monoisotopic (exact) mass is 274 g/mol. The van der Waals surface area contributed by atoms with Crippen LogP contribution in [-0.2, 0) is 0 Å². The second-order valence-electron chi connectivity index (χ2n) is 4.63. The van der Waals surface area contributed by atoms with Crippen LogP contribution in [0.4, 0.5) is 11.4 Å². The minimum atomic E-state index is -0.00184. The molecule has 0 radical (unpaired) electrons. The number of nitrogens with two attached hydrogens (primary N) is 1. The SMILES string of the molecule is CC(=O)c1ccc(N(C)C(C)c2cccs2)cc1N. The van der Waals surface area contributed by atoms with E-state index < -0.39 is 0 Å². The molecule has 19 heavy (non-hydrogen) atoms. The van der Waals surface area contributed by atoms with Gasteiger partial charge in [-0.15, -0.1) is 11.3 Å². The molecule has 1 heterocycles. The van der Waals surface area contributed by atoms with E-state index in [4.69, 9.17) is 5.73 Å². The van der Waals surface area contributed by atoms with Crippen LogP contribution in [0.25, 0.3) is 0 Å². The lowest BCUT2D eigenvalue weighted by molar-refractivity contribution is 0.101. The van der Waals surface area contributed by atoms with Crippen LogP contribution in [0.5, 0.6) is 0 Å². The van der Waals surface area contributed by atoms with Gasteiger partial charge in [0.2, 0.25) is 0 Å². The van der Waals surface area contributed by atoms with Gasteiger partial charge in [0.05, 0.1) is 6.04 Å². The fraction of sp³-hybridized carbons (Fsp3) is 0.267. The van der Waals surface area contributed by atoms with E-state index in [9.17, 15) is 4.79 Å². The first kappa shape index (κ1) is 13.6. The number of ketones is 1. The van der Waals surface area contributed by atoms with E-state index >= 15 is 0 Å². The number of anilines is 2. The van der Waals surface area contributed by atoms with E-state index in [1.54, 1.807) is 17.4 Å². The molecule has 2 rings (SSSR count). The number of Topliss-reactive ketones (excluding diaryl/α,β-unsaturated/α-hetero) is 1. The number of benzene rings is 1. The molecular weight excluding hydrogens is 256 g/mol. The number of nitrogen functional groups attached to an aromatic ring is 1. The molecule has 3 nitrogen and oxygen atoms in total. The van der Waals surface area contributed by atoms with Gasteiger partial charge in [0, 0.05) is 28.9 Å². The molecule has 0 saturated heterocycles. The van der Waals surface area contributed by atoms with Crippen molar-refractivity contribution in [2.45, 2.75) is 19.9 Å². The van der Waals surface area contributed by atoms with E-state index in [0.717, 1.165) is 5.69 Å². The van der Waals surface area contributed by atoms with Crippen molar-refractivity contribution in [1.82, 2.24) is 0 Å². The Labute approximate surface area is 117 Å². The predicted octanol–water partition coefficient (Wildman–Crippen LogP) is 3.73. The minimum Gasteiger partial charge on any atom is -0.398 e. The Morgan fingerprint density at radius 1 is 1.37 bits per heavy atom. The van der Waals surface area contributed by atoms with Crippen LogP contribution in [0.1, 0.15) is 35.1 Å². The molecule has 0 amide bonds. The molecule has 0 spiro atoms. The first-order chi connectivity index (χ1) is 9.00. The lowest BCUT2D eigenvalue weighted by atomic mass is 10.1. The Balaban J connectivity index is 2.27. The summed E-state index contributed by atoms with van der Waals surface area (Å²) in [5, 5.41) is 2.08. The summed E-state index contributed by atoms with van der Waals surface area (Å²) < 4.78 is 0. The fourth-order valence-electron chi connectivity index (χ4n) is 2.03. The lowest BCUT2D eigenvalue weighted by Crippen LogP contribution is -2.21. The third-order valence-corrected chi connectivity index (χ3v) is 4.40. The largest absolute Gasteiger partial charge is 0.398 e. The van der Waals surface area contributed by atoms with Crippen molar-refractivity contribution in [3.8, 4) is 0 Å². The highest BCUT2D eigenvalue weighted by atomic mass is 32.1. The van der Waals surface area contributed by atoms with E-state index in [2.05, 4.69) is 29.3 Å². The molecule has 1 aromatic heterocycles. The number of carbonyl (C=O) groups is 1. The van der Waals surface area contributed by atoms with E-state index in [1.165, 1.54) is 11.8 Å². The van der Waals surface area contributed by atoms with Crippen molar-refractivity contribution in [1.29, 1.82) is 0 Å². The molecule has 2 N–H and O–H groups in total. The zero-order chi connectivity index (χ0) is 14.0. The van der Waals surface area contributed by atoms with Gasteiger partial charge in [-0.25, -0.2) is 0 Å². The summed E-state index contributed by atoms with van der Waals surface area (Å²) >= 11 is 1.74. The number of thiophene rings is 1.